The van der Waals surface area contributed by atoms with E-state index in [9.17, 15) is 18.4 Å². The number of rotatable bonds is 6. The summed E-state index contributed by atoms with van der Waals surface area (Å²) >= 11 is 0. The Labute approximate surface area is 183 Å². The van der Waals surface area contributed by atoms with Crippen molar-refractivity contribution in [3.8, 4) is 5.75 Å². The molecule has 1 aromatic heterocycles. The van der Waals surface area contributed by atoms with E-state index in [1.165, 1.54) is 35.2 Å². The minimum atomic E-state index is -0.693. The standard InChI is InChI=1S/C23H22F2N4O3/c1-28-11-16-12-29(21(30)14-32-18-8-6-17(24)7-9-18)13-19(22(16)27-28)23(31)26-10-15-4-2-3-5-20(15)25/h2-9,11,19H,10,12-14H2,1H3,(H,26,31)/t19-/m0/s1. The Morgan fingerprint density at radius 3 is 2.66 bits per heavy atom. The van der Waals surface area contributed by atoms with E-state index >= 15 is 0 Å². The van der Waals surface area contributed by atoms with Crippen molar-refractivity contribution >= 4 is 11.8 Å². The molecule has 4 rings (SSSR count). The summed E-state index contributed by atoms with van der Waals surface area (Å²) < 4.78 is 34.0. The average molecular weight is 440 g/mol. The van der Waals surface area contributed by atoms with E-state index in [2.05, 4.69) is 10.4 Å². The normalized spacial score (nSPS) is 15.2. The van der Waals surface area contributed by atoms with Crippen molar-refractivity contribution in [2.75, 3.05) is 13.2 Å². The number of nitrogens with one attached hydrogen (secondary N) is 1. The largest absolute Gasteiger partial charge is 0.484 e. The predicted octanol–water partition coefficient (Wildman–Crippen LogP) is 2.52. The second-order valence-electron chi connectivity index (χ2n) is 7.59. The monoisotopic (exact) mass is 440 g/mol. The average Bonchev–Trinajstić information content (AvgIpc) is 3.17. The third-order valence-electron chi connectivity index (χ3n) is 5.29. The molecule has 2 aromatic carbocycles. The summed E-state index contributed by atoms with van der Waals surface area (Å²) in [4.78, 5) is 27.2. The lowest BCUT2D eigenvalue weighted by molar-refractivity contribution is -0.135. The van der Waals surface area contributed by atoms with Crippen LogP contribution in [-0.4, -0.2) is 39.6 Å². The Morgan fingerprint density at radius 1 is 1.16 bits per heavy atom. The van der Waals surface area contributed by atoms with Gasteiger partial charge in [-0.1, -0.05) is 18.2 Å². The topological polar surface area (TPSA) is 76.5 Å². The molecule has 0 unspecified atom stereocenters. The van der Waals surface area contributed by atoms with Gasteiger partial charge in [0.05, 0.1) is 11.6 Å². The maximum Gasteiger partial charge on any atom is 0.260 e. The number of carbonyl (C=O) groups excluding carboxylic acids is 2. The highest BCUT2D eigenvalue weighted by atomic mass is 19.1. The fourth-order valence-electron chi connectivity index (χ4n) is 3.66. The molecule has 3 aromatic rings. The number of aryl methyl sites for hydroxylation is 1. The van der Waals surface area contributed by atoms with Crippen molar-refractivity contribution in [2.24, 2.45) is 7.05 Å². The van der Waals surface area contributed by atoms with Crippen molar-refractivity contribution in [2.45, 2.75) is 19.0 Å². The Balaban J connectivity index is 1.44. The molecule has 0 aliphatic carbocycles. The Morgan fingerprint density at radius 2 is 1.91 bits per heavy atom. The predicted molar refractivity (Wildman–Crippen MR) is 112 cm³/mol. The second kappa shape index (κ2) is 9.17. The maximum absolute atomic E-state index is 13.9. The molecule has 1 N–H and O–H groups in total. The summed E-state index contributed by atoms with van der Waals surface area (Å²) in [6.07, 6.45) is 1.77. The van der Waals surface area contributed by atoms with Gasteiger partial charge >= 0.3 is 0 Å². The molecular formula is C23H22F2N4O3. The number of carbonyl (C=O) groups is 2. The zero-order valence-electron chi connectivity index (χ0n) is 17.4. The van der Waals surface area contributed by atoms with Crippen LogP contribution >= 0.6 is 0 Å². The van der Waals surface area contributed by atoms with Crippen LogP contribution in [0, 0.1) is 11.6 Å². The highest BCUT2D eigenvalue weighted by Crippen LogP contribution is 2.27. The summed E-state index contributed by atoms with van der Waals surface area (Å²) in [5, 5.41) is 7.15. The van der Waals surface area contributed by atoms with E-state index in [1.807, 2.05) is 0 Å². The lowest BCUT2D eigenvalue weighted by Gasteiger charge is -2.31. The van der Waals surface area contributed by atoms with Gasteiger partial charge < -0.3 is 15.0 Å². The molecule has 166 valence electrons. The van der Waals surface area contributed by atoms with E-state index in [4.69, 9.17) is 4.74 Å². The number of nitrogens with zero attached hydrogens (tertiary/aromatic N) is 3. The molecule has 1 atom stereocenters. The van der Waals surface area contributed by atoms with Crippen LogP contribution in [0.5, 0.6) is 5.75 Å². The van der Waals surface area contributed by atoms with Crippen LogP contribution in [0.15, 0.2) is 54.7 Å². The lowest BCUT2D eigenvalue weighted by atomic mass is 9.95. The van der Waals surface area contributed by atoms with Crippen LogP contribution in [0.2, 0.25) is 0 Å². The Hall–Kier alpha value is -3.75. The zero-order valence-corrected chi connectivity index (χ0v) is 17.4. The van der Waals surface area contributed by atoms with Gasteiger partial charge in [-0.2, -0.15) is 5.10 Å². The Bertz CT molecular complexity index is 1130. The third-order valence-corrected chi connectivity index (χ3v) is 5.29. The number of hydrogen-bond donors (Lipinski definition) is 1. The molecule has 1 aliphatic rings. The van der Waals surface area contributed by atoms with E-state index in [0.717, 1.165) is 5.56 Å². The van der Waals surface area contributed by atoms with Crippen LogP contribution in [0.25, 0.3) is 0 Å². The fraction of sp³-hybridized carbons (Fsp3) is 0.261. The molecular weight excluding hydrogens is 418 g/mol. The molecule has 0 saturated carbocycles. The van der Waals surface area contributed by atoms with Crippen LogP contribution in [-0.2, 0) is 29.7 Å². The number of hydrogen-bond acceptors (Lipinski definition) is 4. The smallest absolute Gasteiger partial charge is 0.260 e. The fourth-order valence-corrected chi connectivity index (χ4v) is 3.66. The quantitative estimate of drug-likeness (QED) is 0.639. The van der Waals surface area contributed by atoms with Crippen molar-refractivity contribution < 1.29 is 23.1 Å². The first-order valence-corrected chi connectivity index (χ1v) is 10.1. The van der Waals surface area contributed by atoms with Gasteiger partial charge in [0.1, 0.15) is 17.4 Å². The van der Waals surface area contributed by atoms with Crippen molar-refractivity contribution in [1.29, 1.82) is 0 Å². The first kappa shape index (κ1) is 21.5. The molecule has 0 fully saturated rings. The number of amides is 2. The van der Waals surface area contributed by atoms with Crippen LogP contribution < -0.4 is 10.1 Å². The van der Waals surface area contributed by atoms with Gasteiger partial charge in [-0.15, -0.1) is 0 Å². The maximum atomic E-state index is 13.9. The van der Waals surface area contributed by atoms with E-state index < -0.39 is 17.6 Å². The van der Waals surface area contributed by atoms with Crippen LogP contribution in [0.3, 0.4) is 0 Å². The number of aromatic nitrogens is 2. The SMILES string of the molecule is Cn1cc2c(n1)[C@@H](C(=O)NCc1ccccc1F)CN(C(=O)COc1ccc(F)cc1)C2. The van der Waals surface area contributed by atoms with Crippen molar-refractivity contribution in [1.82, 2.24) is 20.0 Å². The minimum Gasteiger partial charge on any atom is -0.484 e. The van der Waals surface area contributed by atoms with Crippen LogP contribution in [0.4, 0.5) is 8.78 Å². The van der Waals surface area contributed by atoms with Crippen molar-refractivity contribution in [3.63, 3.8) is 0 Å². The van der Waals surface area contributed by atoms with Gasteiger partial charge in [0.2, 0.25) is 5.91 Å². The molecule has 0 saturated heterocycles. The number of fused-ring (bicyclic) bond motifs is 1. The van der Waals surface area contributed by atoms with Gasteiger partial charge in [0, 0.05) is 44.0 Å². The summed E-state index contributed by atoms with van der Waals surface area (Å²) in [6, 6.07) is 11.6. The molecule has 0 spiro atoms. The molecule has 1 aliphatic heterocycles. The van der Waals surface area contributed by atoms with Crippen molar-refractivity contribution in [3.05, 3.63) is 83.2 Å². The number of benzene rings is 2. The highest BCUT2D eigenvalue weighted by molar-refractivity contribution is 5.86. The molecule has 9 heteroatoms. The second-order valence-corrected chi connectivity index (χ2v) is 7.59. The summed E-state index contributed by atoms with van der Waals surface area (Å²) in [5.41, 5.74) is 1.74. The van der Waals surface area contributed by atoms with E-state index in [1.54, 1.807) is 36.1 Å². The first-order valence-electron chi connectivity index (χ1n) is 10.1. The summed E-state index contributed by atoms with van der Waals surface area (Å²) in [7, 11) is 1.75. The van der Waals surface area contributed by atoms with E-state index in [-0.39, 0.29) is 31.5 Å². The number of ether oxygens (including phenoxy) is 1. The summed E-state index contributed by atoms with van der Waals surface area (Å²) in [5.74, 6) is -1.77. The van der Waals surface area contributed by atoms with Gasteiger partial charge in [0.15, 0.2) is 6.61 Å². The lowest BCUT2D eigenvalue weighted by Crippen LogP contribution is -2.45. The molecule has 32 heavy (non-hydrogen) atoms. The zero-order chi connectivity index (χ0) is 22.7. The van der Waals surface area contributed by atoms with Gasteiger partial charge in [0.25, 0.3) is 5.91 Å². The van der Waals surface area contributed by atoms with E-state index in [0.29, 0.717) is 23.6 Å². The van der Waals surface area contributed by atoms with Crippen LogP contribution in [0.1, 0.15) is 22.7 Å². The Kier molecular flexibility index (Phi) is 6.16. The number of halogens is 2. The third kappa shape index (κ3) is 4.77. The highest BCUT2D eigenvalue weighted by Gasteiger charge is 2.35. The molecule has 0 radical (unpaired) electrons. The molecule has 0 bridgehead atoms. The molecule has 7 nitrogen and oxygen atoms in total. The van der Waals surface area contributed by atoms with Gasteiger partial charge in [-0.05, 0) is 30.3 Å². The van der Waals surface area contributed by atoms with Gasteiger partial charge in [-0.25, -0.2) is 8.78 Å². The minimum absolute atomic E-state index is 0.0335. The molecule has 2 heterocycles. The summed E-state index contributed by atoms with van der Waals surface area (Å²) in [6.45, 7) is 0.210. The molecule has 2 amide bonds. The first-order chi connectivity index (χ1) is 15.4. The van der Waals surface area contributed by atoms with Gasteiger partial charge in [-0.3, -0.25) is 14.3 Å².